The lowest BCUT2D eigenvalue weighted by molar-refractivity contribution is -0.143. The van der Waals surface area contributed by atoms with Gasteiger partial charge in [-0.25, -0.2) is 0 Å². The van der Waals surface area contributed by atoms with Gasteiger partial charge in [0.2, 0.25) is 0 Å². The summed E-state index contributed by atoms with van der Waals surface area (Å²) in [6.45, 7) is 4.20. The van der Waals surface area contributed by atoms with Gasteiger partial charge in [-0.1, -0.05) is 30.3 Å². The third kappa shape index (κ3) is 4.17. The highest BCUT2D eigenvalue weighted by Crippen LogP contribution is 2.26. The molecule has 138 valence electrons. The fourth-order valence-electron chi connectivity index (χ4n) is 3.29. The zero-order valence-corrected chi connectivity index (χ0v) is 15.6. The predicted octanol–water partition coefficient (Wildman–Crippen LogP) is 2.98. The van der Waals surface area contributed by atoms with E-state index >= 15 is 0 Å². The van der Waals surface area contributed by atoms with E-state index in [4.69, 9.17) is 9.47 Å². The Labute approximate surface area is 155 Å². The molecule has 0 aliphatic carbocycles. The molecule has 1 heterocycles. The third-order valence-corrected chi connectivity index (χ3v) is 4.77. The molecule has 1 amide bonds. The zero-order chi connectivity index (χ0) is 18.5. The van der Waals surface area contributed by atoms with Crippen LogP contribution in [0.25, 0.3) is 0 Å². The molecule has 1 aliphatic rings. The second-order valence-electron chi connectivity index (χ2n) is 6.66. The van der Waals surface area contributed by atoms with Gasteiger partial charge in [-0.05, 0) is 43.8 Å². The molecule has 1 aliphatic heterocycles. The summed E-state index contributed by atoms with van der Waals surface area (Å²) < 4.78 is 11.0. The Morgan fingerprint density at radius 1 is 1.04 bits per heavy atom. The second-order valence-corrected chi connectivity index (χ2v) is 6.66. The van der Waals surface area contributed by atoms with Crippen molar-refractivity contribution in [1.29, 1.82) is 0 Å². The summed E-state index contributed by atoms with van der Waals surface area (Å²) >= 11 is 0. The van der Waals surface area contributed by atoms with Crippen LogP contribution in [0.4, 0.5) is 0 Å². The normalized spacial score (nSPS) is 19.0. The lowest BCUT2D eigenvalue weighted by atomic mass is 10.0. The van der Waals surface area contributed by atoms with Crippen molar-refractivity contribution in [2.45, 2.75) is 19.1 Å². The van der Waals surface area contributed by atoms with Crippen molar-refractivity contribution in [2.24, 2.45) is 0 Å². The Bertz CT molecular complexity index is 718. The van der Waals surface area contributed by atoms with Gasteiger partial charge >= 0.3 is 0 Å². The lowest BCUT2D eigenvalue weighted by Crippen LogP contribution is -2.52. The molecule has 0 saturated carbocycles. The fourth-order valence-corrected chi connectivity index (χ4v) is 3.29. The van der Waals surface area contributed by atoms with Crippen molar-refractivity contribution in [3.8, 4) is 11.5 Å². The largest absolute Gasteiger partial charge is 0.497 e. The summed E-state index contributed by atoms with van der Waals surface area (Å²) in [6.07, 6.45) is -0.544. The summed E-state index contributed by atoms with van der Waals surface area (Å²) in [5.41, 5.74) is 1.16. The Balaban J connectivity index is 1.73. The highest BCUT2D eigenvalue weighted by molar-refractivity contribution is 5.81. The average Bonchev–Trinajstić information content (AvgIpc) is 2.68. The lowest BCUT2D eigenvalue weighted by Gasteiger charge is -2.41. The van der Waals surface area contributed by atoms with Gasteiger partial charge in [-0.15, -0.1) is 0 Å². The number of hydrogen-bond acceptors (Lipinski definition) is 4. The zero-order valence-electron chi connectivity index (χ0n) is 15.6. The van der Waals surface area contributed by atoms with Crippen molar-refractivity contribution in [2.75, 3.05) is 33.8 Å². The summed E-state index contributed by atoms with van der Waals surface area (Å²) in [7, 11) is 3.72. The first-order valence-electron chi connectivity index (χ1n) is 8.93. The van der Waals surface area contributed by atoms with Crippen LogP contribution in [0.3, 0.4) is 0 Å². The van der Waals surface area contributed by atoms with Gasteiger partial charge in [0.25, 0.3) is 5.91 Å². The van der Waals surface area contributed by atoms with Gasteiger partial charge in [0.05, 0.1) is 13.2 Å². The molecule has 0 unspecified atom stereocenters. The Hall–Kier alpha value is -2.53. The van der Waals surface area contributed by atoms with Gasteiger partial charge in [0, 0.05) is 19.6 Å². The van der Waals surface area contributed by atoms with Crippen LogP contribution in [-0.4, -0.2) is 55.6 Å². The molecular weight excluding hydrogens is 328 g/mol. The van der Waals surface area contributed by atoms with Crippen LogP contribution in [0.1, 0.15) is 18.5 Å². The molecule has 26 heavy (non-hydrogen) atoms. The fraction of sp³-hybridized carbons (Fsp3) is 0.381. The molecule has 5 nitrogen and oxygen atoms in total. The van der Waals surface area contributed by atoms with E-state index < -0.39 is 6.10 Å². The maximum atomic E-state index is 13.1. The molecule has 0 bridgehead atoms. The van der Waals surface area contributed by atoms with Crippen molar-refractivity contribution in [3.63, 3.8) is 0 Å². The van der Waals surface area contributed by atoms with E-state index in [1.165, 1.54) is 0 Å². The molecule has 0 N–H and O–H groups in total. The molecule has 5 heteroatoms. The first-order chi connectivity index (χ1) is 12.6. The second kappa shape index (κ2) is 8.23. The van der Waals surface area contributed by atoms with Gasteiger partial charge in [0.1, 0.15) is 11.5 Å². The number of rotatable bonds is 5. The van der Waals surface area contributed by atoms with E-state index in [1.807, 2.05) is 54.3 Å². The van der Waals surface area contributed by atoms with E-state index in [0.717, 1.165) is 24.4 Å². The van der Waals surface area contributed by atoms with Gasteiger partial charge < -0.3 is 19.3 Å². The summed E-state index contributed by atoms with van der Waals surface area (Å²) in [5.74, 6) is 1.44. The maximum absolute atomic E-state index is 13.1. The molecular formula is C21H26N2O3. The first-order valence-corrected chi connectivity index (χ1v) is 8.93. The molecule has 3 rings (SSSR count). The molecule has 1 fully saturated rings. The van der Waals surface area contributed by atoms with E-state index in [1.54, 1.807) is 7.11 Å². The number of carbonyl (C=O) groups excluding carboxylic acids is 1. The minimum absolute atomic E-state index is 0.0165. The highest BCUT2D eigenvalue weighted by Gasteiger charge is 2.33. The molecule has 2 aromatic rings. The van der Waals surface area contributed by atoms with Crippen LogP contribution >= 0.6 is 0 Å². The smallest absolute Gasteiger partial charge is 0.263 e. The minimum Gasteiger partial charge on any atom is -0.497 e. The molecule has 2 atom stereocenters. The van der Waals surface area contributed by atoms with E-state index in [2.05, 4.69) is 24.1 Å². The third-order valence-electron chi connectivity index (χ3n) is 4.77. The van der Waals surface area contributed by atoms with Crippen molar-refractivity contribution in [1.82, 2.24) is 9.80 Å². The number of amides is 1. The van der Waals surface area contributed by atoms with Gasteiger partial charge in [-0.3, -0.25) is 4.79 Å². The quantitative estimate of drug-likeness (QED) is 0.828. The number of methoxy groups -OCH3 is 1. The SMILES string of the molecule is COc1ccc(O[C@@H](C)C(=O)N2CCN(C)C[C@H]2c2ccccc2)cc1. The van der Waals surface area contributed by atoms with Gasteiger partial charge in [-0.2, -0.15) is 0 Å². The topological polar surface area (TPSA) is 42.0 Å². The number of likely N-dealkylation sites (N-methyl/N-ethyl adjacent to an activating group) is 1. The van der Waals surface area contributed by atoms with E-state index in [-0.39, 0.29) is 11.9 Å². The van der Waals surface area contributed by atoms with Crippen LogP contribution in [0.15, 0.2) is 54.6 Å². The van der Waals surface area contributed by atoms with E-state index in [9.17, 15) is 4.79 Å². The molecule has 0 radical (unpaired) electrons. The Morgan fingerprint density at radius 3 is 2.35 bits per heavy atom. The van der Waals surface area contributed by atoms with Crippen molar-refractivity contribution >= 4 is 5.91 Å². The minimum atomic E-state index is -0.544. The number of hydrogen-bond donors (Lipinski definition) is 0. The number of nitrogens with zero attached hydrogens (tertiary/aromatic N) is 2. The Morgan fingerprint density at radius 2 is 1.69 bits per heavy atom. The number of piperazine rings is 1. The molecule has 1 saturated heterocycles. The van der Waals surface area contributed by atoms with Crippen LogP contribution < -0.4 is 9.47 Å². The van der Waals surface area contributed by atoms with Crippen molar-refractivity contribution < 1.29 is 14.3 Å². The summed E-state index contributed by atoms with van der Waals surface area (Å²) in [5, 5.41) is 0. The van der Waals surface area contributed by atoms with Crippen LogP contribution in [0.5, 0.6) is 11.5 Å². The first kappa shape index (κ1) is 18.3. The molecule has 2 aromatic carbocycles. The standard InChI is InChI=1S/C21H26N2O3/c1-16(26-19-11-9-18(25-3)10-12-19)21(24)23-14-13-22(2)15-20(23)17-7-5-4-6-8-17/h4-12,16,20H,13-15H2,1-3H3/t16-,20-/m0/s1. The van der Waals surface area contributed by atoms with Crippen LogP contribution in [-0.2, 0) is 4.79 Å². The Kier molecular flexibility index (Phi) is 5.78. The van der Waals surface area contributed by atoms with Crippen molar-refractivity contribution in [3.05, 3.63) is 60.2 Å². The van der Waals surface area contributed by atoms with Gasteiger partial charge in [0.15, 0.2) is 6.10 Å². The van der Waals surface area contributed by atoms with Crippen LogP contribution in [0.2, 0.25) is 0 Å². The maximum Gasteiger partial charge on any atom is 0.263 e. The number of benzene rings is 2. The average molecular weight is 354 g/mol. The highest BCUT2D eigenvalue weighted by atomic mass is 16.5. The number of carbonyl (C=O) groups is 1. The summed E-state index contributed by atoms with van der Waals surface area (Å²) in [6, 6.07) is 17.5. The monoisotopic (exact) mass is 354 g/mol. The molecule has 0 spiro atoms. The van der Waals surface area contributed by atoms with Crippen LogP contribution in [0, 0.1) is 0 Å². The molecule has 0 aromatic heterocycles. The van der Waals surface area contributed by atoms with E-state index in [0.29, 0.717) is 12.3 Å². The predicted molar refractivity (Wildman–Crippen MR) is 101 cm³/mol. The number of ether oxygens (including phenoxy) is 2. The summed E-state index contributed by atoms with van der Waals surface area (Å²) in [4.78, 5) is 17.3.